The fourth-order valence-electron chi connectivity index (χ4n) is 2.35. The molecule has 0 aromatic carbocycles. The second kappa shape index (κ2) is 5.69. The Morgan fingerprint density at radius 2 is 1.94 bits per heavy atom. The third kappa shape index (κ3) is 4.14. The Morgan fingerprint density at radius 1 is 1.38 bits per heavy atom. The quantitative estimate of drug-likeness (QED) is 0.455. The van der Waals surface area contributed by atoms with Crippen LogP contribution in [-0.4, -0.2) is 29.8 Å². The van der Waals surface area contributed by atoms with E-state index in [0.29, 0.717) is 11.2 Å². The van der Waals surface area contributed by atoms with E-state index in [4.69, 9.17) is 5.26 Å². The largest absolute Gasteiger partial charge is 0.345 e. The first-order valence-corrected chi connectivity index (χ1v) is 6.15. The van der Waals surface area contributed by atoms with Crippen LogP contribution in [0.1, 0.15) is 40.0 Å². The van der Waals surface area contributed by atoms with Gasteiger partial charge < -0.3 is 9.79 Å². The molecular weight excluding hydrogens is 202 g/mol. The summed E-state index contributed by atoms with van der Waals surface area (Å²) in [5.74, 6) is 1.29. The maximum absolute atomic E-state index is 8.39. The molecule has 1 heterocycles. The zero-order chi connectivity index (χ0) is 12.2. The van der Waals surface area contributed by atoms with Crippen molar-refractivity contribution >= 4 is 0 Å². The summed E-state index contributed by atoms with van der Waals surface area (Å²) in [4.78, 5) is 6.52. The molecule has 0 unspecified atom stereocenters. The molecule has 1 aliphatic heterocycles. The van der Waals surface area contributed by atoms with Crippen molar-refractivity contribution in [3.05, 3.63) is 12.3 Å². The van der Waals surface area contributed by atoms with E-state index < -0.39 is 0 Å². The zero-order valence-corrected chi connectivity index (χ0v) is 10.8. The minimum absolute atomic E-state index is 0.434. The summed E-state index contributed by atoms with van der Waals surface area (Å²) in [5.41, 5.74) is 0.434. The third-order valence-electron chi connectivity index (χ3n) is 3.65. The standard InChI is InChI=1S/C13H25NO2/c1-11(16-15)5-8-14-9-6-12(7-10-14)13(2,3)4/h12,15H,1,5-10H2,2-4H3. The van der Waals surface area contributed by atoms with Crippen LogP contribution < -0.4 is 0 Å². The molecule has 0 bridgehead atoms. The van der Waals surface area contributed by atoms with Crippen molar-refractivity contribution in [1.82, 2.24) is 4.90 Å². The van der Waals surface area contributed by atoms with Crippen molar-refractivity contribution in [2.75, 3.05) is 19.6 Å². The van der Waals surface area contributed by atoms with Gasteiger partial charge in [0.25, 0.3) is 0 Å². The first kappa shape index (κ1) is 13.5. The van der Waals surface area contributed by atoms with Crippen LogP contribution in [0.5, 0.6) is 0 Å². The highest BCUT2D eigenvalue weighted by atomic mass is 17.1. The van der Waals surface area contributed by atoms with E-state index in [-0.39, 0.29) is 0 Å². The van der Waals surface area contributed by atoms with Crippen LogP contribution in [0.4, 0.5) is 0 Å². The third-order valence-corrected chi connectivity index (χ3v) is 3.65. The van der Waals surface area contributed by atoms with Crippen LogP contribution in [-0.2, 0) is 4.89 Å². The first-order chi connectivity index (χ1) is 7.43. The van der Waals surface area contributed by atoms with Crippen LogP contribution in [0.25, 0.3) is 0 Å². The topological polar surface area (TPSA) is 32.7 Å². The fraction of sp³-hybridized carbons (Fsp3) is 0.846. The van der Waals surface area contributed by atoms with E-state index in [9.17, 15) is 0 Å². The Hall–Kier alpha value is -0.540. The molecular formula is C13H25NO2. The number of nitrogens with zero attached hydrogens (tertiary/aromatic N) is 1. The number of likely N-dealkylation sites (tertiary alicyclic amines) is 1. The minimum atomic E-state index is 0.434. The molecule has 0 aromatic rings. The summed E-state index contributed by atoms with van der Waals surface area (Å²) in [6.07, 6.45) is 3.27. The van der Waals surface area contributed by atoms with Gasteiger partial charge in [-0.1, -0.05) is 27.4 Å². The maximum Gasteiger partial charge on any atom is 0.136 e. The summed E-state index contributed by atoms with van der Waals surface area (Å²) in [5, 5.41) is 8.39. The molecule has 16 heavy (non-hydrogen) atoms. The Balaban J connectivity index is 2.25. The number of hydrogen-bond acceptors (Lipinski definition) is 3. The molecule has 1 fully saturated rings. The van der Waals surface area contributed by atoms with E-state index in [1.54, 1.807) is 0 Å². The molecule has 0 aromatic heterocycles. The lowest BCUT2D eigenvalue weighted by atomic mass is 9.75. The molecule has 0 amide bonds. The Labute approximate surface area is 99.0 Å². The number of hydrogen-bond donors (Lipinski definition) is 1. The lowest BCUT2D eigenvalue weighted by Gasteiger charge is -2.38. The van der Waals surface area contributed by atoms with Crippen molar-refractivity contribution in [1.29, 1.82) is 0 Å². The van der Waals surface area contributed by atoms with Crippen LogP contribution in [0.15, 0.2) is 12.3 Å². The van der Waals surface area contributed by atoms with Crippen molar-refractivity contribution in [3.63, 3.8) is 0 Å². The molecule has 0 saturated carbocycles. The Morgan fingerprint density at radius 3 is 2.38 bits per heavy atom. The molecule has 0 radical (unpaired) electrons. The predicted molar refractivity (Wildman–Crippen MR) is 66.1 cm³/mol. The van der Waals surface area contributed by atoms with Crippen molar-refractivity contribution in [2.24, 2.45) is 11.3 Å². The molecule has 1 saturated heterocycles. The van der Waals surface area contributed by atoms with Gasteiger partial charge in [0.2, 0.25) is 0 Å². The van der Waals surface area contributed by atoms with Crippen LogP contribution >= 0.6 is 0 Å². The van der Waals surface area contributed by atoms with Crippen LogP contribution in [0.3, 0.4) is 0 Å². The summed E-state index contributed by atoms with van der Waals surface area (Å²) in [7, 11) is 0. The van der Waals surface area contributed by atoms with Crippen molar-refractivity contribution in [2.45, 2.75) is 40.0 Å². The molecule has 3 nitrogen and oxygen atoms in total. The monoisotopic (exact) mass is 227 g/mol. The van der Waals surface area contributed by atoms with Crippen molar-refractivity contribution in [3.8, 4) is 0 Å². The van der Waals surface area contributed by atoms with Gasteiger partial charge in [-0.15, -0.1) is 0 Å². The molecule has 1 N–H and O–H groups in total. The summed E-state index contributed by atoms with van der Waals surface area (Å²) < 4.78 is 0. The lowest BCUT2D eigenvalue weighted by molar-refractivity contribution is -0.205. The van der Waals surface area contributed by atoms with Gasteiger partial charge in [0.1, 0.15) is 5.76 Å². The van der Waals surface area contributed by atoms with E-state index in [1.807, 2.05) is 0 Å². The molecule has 0 atom stereocenters. The van der Waals surface area contributed by atoms with Crippen molar-refractivity contribution < 1.29 is 10.1 Å². The highest BCUT2D eigenvalue weighted by Gasteiger charge is 2.28. The average Bonchev–Trinajstić information content (AvgIpc) is 2.25. The maximum atomic E-state index is 8.39. The van der Waals surface area contributed by atoms with Gasteiger partial charge in [0.05, 0.1) is 0 Å². The molecule has 1 aliphatic rings. The van der Waals surface area contributed by atoms with Crippen LogP contribution in [0.2, 0.25) is 0 Å². The summed E-state index contributed by atoms with van der Waals surface area (Å²) >= 11 is 0. The summed E-state index contributed by atoms with van der Waals surface area (Å²) in [6.45, 7) is 13.8. The summed E-state index contributed by atoms with van der Waals surface area (Å²) in [6, 6.07) is 0. The van der Waals surface area contributed by atoms with E-state index in [0.717, 1.165) is 32.0 Å². The van der Waals surface area contributed by atoms with Gasteiger partial charge in [0.15, 0.2) is 0 Å². The highest BCUT2D eigenvalue weighted by molar-refractivity contribution is 4.85. The normalized spacial score (nSPS) is 19.8. The van der Waals surface area contributed by atoms with E-state index in [2.05, 4.69) is 37.1 Å². The zero-order valence-electron chi connectivity index (χ0n) is 10.8. The minimum Gasteiger partial charge on any atom is -0.345 e. The fourth-order valence-corrected chi connectivity index (χ4v) is 2.35. The van der Waals surface area contributed by atoms with E-state index in [1.165, 1.54) is 12.8 Å². The second-order valence-corrected chi connectivity index (χ2v) is 5.86. The average molecular weight is 227 g/mol. The van der Waals surface area contributed by atoms with Crippen LogP contribution in [0, 0.1) is 11.3 Å². The Kier molecular flexibility index (Phi) is 4.81. The highest BCUT2D eigenvalue weighted by Crippen LogP contribution is 2.34. The van der Waals surface area contributed by atoms with Gasteiger partial charge in [-0.25, -0.2) is 5.26 Å². The lowest BCUT2D eigenvalue weighted by Crippen LogP contribution is -2.38. The van der Waals surface area contributed by atoms with Gasteiger partial charge in [-0.2, -0.15) is 0 Å². The smallest absolute Gasteiger partial charge is 0.136 e. The van der Waals surface area contributed by atoms with Gasteiger partial charge >= 0.3 is 0 Å². The predicted octanol–water partition coefficient (Wildman–Crippen LogP) is 3.14. The molecule has 0 spiro atoms. The van der Waals surface area contributed by atoms with Gasteiger partial charge in [-0.05, 0) is 37.3 Å². The number of piperidine rings is 1. The second-order valence-electron chi connectivity index (χ2n) is 5.86. The van der Waals surface area contributed by atoms with Gasteiger partial charge in [-0.3, -0.25) is 0 Å². The number of rotatable bonds is 4. The molecule has 0 aliphatic carbocycles. The molecule has 94 valence electrons. The SMILES string of the molecule is C=C(CCN1CCC(C(C)(C)C)CC1)OO. The van der Waals surface area contributed by atoms with E-state index >= 15 is 0 Å². The first-order valence-electron chi connectivity index (χ1n) is 6.15. The van der Waals surface area contributed by atoms with Gasteiger partial charge in [0, 0.05) is 13.0 Å². The Bertz CT molecular complexity index is 225. The molecule has 3 heteroatoms. The molecule has 1 rings (SSSR count).